The zero-order valence-electron chi connectivity index (χ0n) is 7.93. The summed E-state index contributed by atoms with van der Waals surface area (Å²) < 4.78 is 0.774. The van der Waals surface area contributed by atoms with E-state index in [1.54, 1.807) is 0 Å². The van der Waals surface area contributed by atoms with Gasteiger partial charge in [-0.3, -0.25) is 0 Å². The Kier molecular flexibility index (Phi) is 4.64. The van der Waals surface area contributed by atoms with E-state index in [1.807, 2.05) is 36.6 Å². The second kappa shape index (κ2) is 5.79. The maximum atomic E-state index is 8.94. The van der Waals surface area contributed by atoms with Crippen LogP contribution in [0.2, 0.25) is 0 Å². The molecule has 1 atom stereocenters. The van der Waals surface area contributed by atoms with Crippen LogP contribution in [0.5, 0.6) is 0 Å². The lowest BCUT2D eigenvalue weighted by atomic mass is 10.0. The van der Waals surface area contributed by atoms with Gasteiger partial charge in [-0.15, -0.1) is 11.8 Å². The Bertz CT molecular complexity index is 340. The van der Waals surface area contributed by atoms with Gasteiger partial charge in [0.1, 0.15) is 0 Å². The lowest BCUT2D eigenvalue weighted by Crippen LogP contribution is -2.09. The van der Waals surface area contributed by atoms with E-state index in [4.69, 9.17) is 17.5 Å². The third-order valence-corrected chi connectivity index (χ3v) is 3.40. The van der Waals surface area contributed by atoms with Crippen LogP contribution < -0.4 is 0 Å². The number of hydrogen-bond acceptors (Lipinski definition) is 3. The normalized spacial score (nSPS) is 11.7. The maximum Gasteiger partial charge on any atom is 0.0914 e. The van der Waals surface area contributed by atoms with Gasteiger partial charge in [-0.2, -0.15) is 5.26 Å². The lowest BCUT2D eigenvalue weighted by Gasteiger charge is -2.07. The van der Waals surface area contributed by atoms with E-state index in [-0.39, 0.29) is 5.92 Å². The number of rotatable bonds is 3. The highest BCUT2D eigenvalue weighted by molar-refractivity contribution is 8.22. The van der Waals surface area contributed by atoms with Crippen molar-refractivity contribution in [2.24, 2.45) is 5.92 Å². The smallest absolute Gasteiger partial charge is 0.0914 e. The minimum atomic E-state index is -0.151. The number of thioether (sulfide) groups is 1. The van der Waals surface area contributed by atoms with Gasteiger partial charge in [0.2, 0.25) is 0 Å². The highest BCUT2D eigenvalue weighted by Crippen LogP contribution is 2.15. The van der Waals surface area contributed by atoms with E-state index >= 15 is 0 Å². The van der Waals surface area contributed by atoms with Crippen LogP contribution in [0.25, 0.3) is 0 Å². The molecule has 1 rings (SSSR count). The Labute approximate surface area is 94.1 Å². The van der Waals surface area contributed by atoms with E-state index in [0.717, 1.165) is 16.2 Å². The molecule has 1 aromatic rings. The van der Waals surface area contributed by atoms with E-state index in [9.17, 15) is 0 Å². The van der Waals surface area contributed by atoms with E-state index < -0.39 is 0 Å². The molecule has 1 aromatic carbocycles. The lowest BCUT2D eigenvalue weighted by molar-refractivity contribution is 0.886. The number of benzene rings is 1. The van der Waals surface area contributed by atoms with Crippen molar-refractivity contribution in [2.45, 2.75) is 6.42 Å². The first-order chi connectivity index (χ1) is 6.77. The van der Waals surface area contributed by atoms with Crippen molar-refractivity contribution >= 4 is 28.2 Å². The van der Waals surface area contributed by atoms with Crippen LogP contribution in [-0.4, -0.2) is 10.5 Å². The molecule has 0 N–H and O–H groups in total. The monoisotopic (exact) mass is 221 g/mol. The Morgan fingerprint density at radius 1 is 1.50 bits per heavy atom. The number of nitriles is 1. The number of nitrogens with zero attached hydrogens (tertiary/aromatic N) is 1. The molecule has 0 radical (unpaired) electrons. The third-order valence-electron chi connectivity index (χ3n) is 1.92. The van der Waals surface area contributed by atoms with E-state index in [2.05, 4.69) is 6.07 Å². The van der Waals surface area contributed by atoms with Crippen molar-refractivity contribution in [3.05, 3.63) is 35.9 Å². The van der Waals surface area contributed by atoms with Gasteiger partial charge < -0.3 is 0 Å². The van der Waals surface area contributed by atoms with Crippen molar-refractivity contribution in [1.29, 1.82) is 5.26 Å². The molecular formula is C11H11NS2. The summed E-state index contributed by atoms with van der Waals surface area (Å²) in [4.78, 5) is 0. The zero-order valence-corrected chi connectivity index (χ0v) is 9.57. The second-order valence-electron chi connectivity index (χ2n) is 2.89. The first-order valence-corrected chi connectivity index (χ1v) is 5.92. The molecule has 0 saturated heterocycles. The van der Waals surface area contributed by atoms with Crippen molar-refractivity contribution in [3.8, 4) is 6.07 Å². The number of thiocarbonyl (C=S) groups is 1. The van der Waals surface area contributed by atoms with Crippen molar-refractivity contribution < 1.29 is 0 Å². The fourth-order valence-corrected chi connectivity index (χ4v) is 1.73. The van der Waals surface area contributed by atoms with Gasteiger partial charge in [0.05, 0.1) is 16.2 Å². The Morgan fingerprint density at radius 2 is 2.14 bits per heavy atom. The highest BCUT2D eigenvalue weighted by atomic mass is 32.2. The van der Waals surface area contributed by atoms with Crippen molar-refractivity contribution in [2.75, 3.05) is 6.26 Å². The molecule has 0 heterocycles. The van der Waals surface area contributed by atoms with Crippen LogP contribution in [0, 0.1) is 17.2 Å². The summed E-state index contributed by atoms with van der Waals surface area (Å²) in [5.41, 5.74) is 1.16. The predicted octanol–water partition coefficient (Wildman–Crippen LogP) is 3.06. The molecule has 72 valence electrons. The molecule has 0 saturated carbocycles. The maximum absolute atomic E-state index is 8.94. The molecule has 0 fully saturated rings. The summed E-state index contributed by atoms with van der Waals surface area (Å²) in [6.45, 7) is 0. The van der Waals surface area contributed by atoms with Crippen LogP contribution in [0.1, 0.15) is 5.56 Å². The SMILES string of the molecule is CSC(=S)C(C#N)Cc1ccccc1. The fraction of sp³-hybridized carbons (Fsp3) is 0.273. The van der Waals surface area contributed by atoms with E-state index in [0.29, 0.717) is 0 Å². The van der Waals surface area contributed by atoms with Crippen LogP contribution in [0.15, 0.2) is 30.3 Å². The molecule has 1 unspecified atom stereocenters. The van der Waals surface area contributed by atoms with Crippen LogP contribution in [0.4, 0.5) is 0 Å². The Hall–Kier alpha value is -0.850. The topological polar surface area (TPSA) is 23.8 Å². The third kappa shape index (κ3) is 3.13. The second-order valence-corrected chi connectivity index (χ2v) is 4.44. The quantitative estimate of drug-likeness (QED) is 0.733. The molecule has 0 aliphatic heterocycles. The summed E-state index contributed by atoms with van der Waals surface area (Å²) in [5.74, 6) is -0.151. The fourth-order valence-electron chi connectivity index (χ4n) is 1.17. The van der Waals surface area contributed by atoms with Crippen molar-refractivity contribution in [3.63, 3.8) is 0 Å². The Morgan fingerprint density at radius 3 is 2.64 bits per heavy atom. The summed E-state index contributed by atoms with van der Waals surface area (Å²) in [7, 11) is 0. The first-order valence-electron chi connectivity index (χ1n) is 4.29. The van der Waals surface area contributed by atoms with Crippen LogP contribution >= 0.6 is 24.0 Å². The molecule has 0 aromatic heterocycles. The molecule has 3 heteroatoms. The van der Waals surface area contributed by atoms with Gasteiger partial charge >= 0.3 is 0 Å². The molecule has 14 heavy (non-hydrogen) atoms. The standard InChI is InChI=1S/C11H11NS2/c1-14-11(13)10(8-12)7-9-5-3-2-4-6-9/h2-6,10H,7H2,1H3. The zero-order chi connectivity index (χ0) is 10.4. The molecule has 0 spiro atoms. The minimum Gasteiger partial charge on any atom is -0.198 e. The van der Waals surface area contributed by atoms with Crippen molar-refractivity contribution in [1.82, 2.24) is 0 Å². The molecule has 1 nitrogen and oxygen atoms in total. The predicted molar refractivity (Wildman–Crippen MR) is 65.4 cm³/mol. The largest absolute Gasteiger partial charge is 0.198 e. The average molecular weight is 221 g/mol. The van der Waals surface area contributed by atoms with Crippen LogP contribution in [0.3, 0.4) is 0 Å². The first kappa shape index (κ1) is 11.2. The minimum absolute atomic E-state index is 0.151. The van der Waals surface area contributed by atoms with Gasteiger partial charge in [0.25, 0.3) is 0 Å². The highest BCUT2D eigenvalue weighted by Gasteiger charge is 2.12. The van der Waals surface area contributed by atoms with Gasteiger partial charge in [-0.1, -0.05) is 42.5 Å². The van der Waals surface area contributed by atoms with Gasteiger partial charge in [0, 0.05) is 0 Å². The van der Waals surface area contributed by atoms with Gasteiger partial charge in [-0.05, 0) is 18.2 Å². The summed E-state index contributed by atoms with van der Waals surface area (Å²) >= 11 is 6.60. The number of hydrogen-bond donors (Lipinski definition) is 0. The molecular weight excluding hydrogens is 210 g/mol. The van der Waals surface area contributed by atoms with Gasteiger partial charge in [-0.25, -0.2) is 0 Å². The molecule has 0 amide bonds. The average Bonchev–Trinajstić information content (AvgIpc) is 2.26. The van der Waals surface area contributed by atoms with Crippen LogP contribution in [-0.2, 0) is 6.42 Å². The molecule has 0 bridgehead atoms. The van der Waals surface area contributed by atoms with Gasteiger partial charge in [0.15, 0.2) is 0 Å². The Balaban J connectivity index is 2.68. The van der Waals surface area contributed by atoms with E-state index in [1.165, 1.54) is 11.8 Å². The molecule has 0 aliphatic rings. The molecule has 0 aliphatic carbocycles. The summed E-state index contributed by atoms with van der Waals surface area (Å²) in [5, 5.41) is 8.94. The summed E-state index contributed by atoms with van der Waals surface area (Å²) in [6, 6.07) is 12.2. The summed E-state index contributed by atoms with van der Waals surface area (Å²) in [6.07, 6.45) is 2.63.